The molecule has 5 nitrogen and oxygen atoms in total. The molecule has 142 valence electrons. The first-order valence-corrected chi connectivity index (χ1v) is 9.62. The molecule has 1 N–H and O–H groups in total. The van der Waals surface area contributed by atoms with Gasteiger partial charge in [0.05, 0.1) is 18.4 Å². The van der Waals surface area contributed by atoms with Crippen LogP contribution >= 0.6 is 0 Å². The van der Waals surface area contributed by atoms with E-state index in [0.717, 1.165) is 35.1 Å². The van der Waals surface area contributed by atoms with Gasteiger partial charge in [-0.2, -0.15) is 0 Å². The van der Waals surface area contributed by atoms with Crippen LogP contribution in [0.15, 0.2) is 22.7 Å². The molecular formula is C21H30N2O3. The lowest BCUT2D eigenvalue weighted by Gasteiger charge is -2.17. The van der Waals surface area contributed by atoms with Gasteiger partial charge in [0.25, 0.3) is 0 Å². The summed E-state index contributed by atoms with van der Waals surface area (Å²) in [6, 6.07) is 6.79. The maximum Gasteiger partial charge on any atom is 0.161 e. The van der Waals surface area contributed by atoms with Crippen LogP contribution in [0.3, 0.4) is 0 Å². The van der Waals surface area contributed by atoms with Gasteiger partial charge in [-0.25, -0.2) is 0 Å². The number of rotatable bonds is 7. The molecule has 0 unspecified atom stereocenters. The van der Waals surface area contributed by atoms with E-state index in [1.807, 2.05) is 19.9 Å². The molecule has 1 aliphatic carbocycles. The molecule has 2 aromatic rings. The predicted octanol–water partition coefficient (Wildman–Crippen LogP) is 4.69. The van der Waals surface area contributed by atoms with Crippen LogP contribution in [0.2, 0.25) is 0 Å². The lowest BCUT2D eigenvalue weighted by molar-refractivity contribution is 0.281. The van der Waals surface area contributed by atoms with Gasteiger partial charge in [-0.15, -0.1) is 0 Å². The maximum absolute atomic E-state index is 5.95. The number of hydrogen-bond acceptors (Lipinski definition) is 5. The highest BCUT2D eigenvalue weighted by Crippen LogP contribution is 2.29. The van der Waals surface area contributed by atoms with Crippen LogP contribution in [0.25, 0.3) is 0 Å². The zero-order chi connectivity index (χ0) is 18.4. The first kappa shape index (κ1) is 18.8. The number of benzene rings is 1. The largest absolute Gasteiger partial charge is 0.493 e. The van der Waals surface area contributed by atoms with Gasteiger partial charge in [0.1, 0.15) is 12.4 Å². The molecule has 26 heavy (non-hydrogen) atoms. The Morgan fingerprint density at radius 2 is 1.88 bits per heavy atom. The summed E-state index contributed by atoms with van der Waals surface area (Å²) in [4.78, 5) is 0. The van der Waals surface area contributed by atoms with Crippen molar-refractivity contribution in [2.45, 2.75) is 71.6 Å². The summed E-state index contributed by atoms with van der Waals surface area (Å²) < 4.78 is 16.7. The molecule has 1 saturated carbocycles. The standard InChI is InChI=1S/C21H30N2O3/c1-15-19(16(2)26-23-15)14-25-20-11-10-17(12-21(20)24-3)13-22-18-8-6-4-5-7-9-18/h10-12,18,22H,4-9,13-14H2,1-3H3. The molecule has 5 heteroatoms. The van der Waals surface area contributed by atoms with Gasteiger partial charge < -0.3 is 19.3 Å². The molecule has 0 bridgehead atoms. The number of nitrogens with zero attached hydrogens (tertiary/aromatic N) is 1. The zero-order valence-corrected chi connectivity index (χ0v) is 16.1. The van der Waals surface area contributed by atoms with E-state index in [9.17, 15) is 0 Å². The van der Waals surface area contributed by atoms with Gasteiger partial charge in [-0.05, 0) is 44.4 Å². The van der Waals surface area contributed by atoms with E-state index in [2.05, 4.69) is 22.6 Å². The number of nitrogens with one attached hydrogen (secondary N) is 1. The van der Waals surface area contributed by atoms with E-state index in [4.69, 9.17) is 14.0 Å². The second-order valence-corrected chi connectivity index (χ2v) is 7.15. The van der Waals surface area contributed by atoms with E-state index in [1.165, 1.54) is 44.1 Å². The molecule has 0 aliphatic heterocycles. The smallest absolute Gasteiger partial charge is 0.161 e. The summed E-state index contributed by atoms with van der Waals surface area (Å²) in [6.45, 7) is 5.12. The van der Waals surface area contributed by atoms with Crippen LogP contribution in [0.1, 0.15) is 61.1 Å². The minimum Gasteiger partial charge on any atom is -0.493 e. The summed E-state index contributed by atoms with van der Waals surface area (Å²) in [5.74, 6) is 2.30. The molecular weight excluding hydrogens is 328 g/mol. The first-order valence-electron chi connectivity index (χ1n) is 9.62. The molecule has 1 fully saturated rings. The number of hydrogen-bond donors (Lipinski definition) is 1. The van der Waals surface area contributed by atoms with Crippen LogP contribution in [0.5, 0.6) is 11.5 Å². The molecule has 1 aliphatic rings. The van der Waals surface area contributed by atoms with Crippen molar-refractivity contribution >= 4 is 0 Å². The minimum atomic E-state index is 0.428. The molecule has 1 aromatic heterocycles. The Kier molecular flexibility index (Phi) is 6.56. The van der Waals surface area contributed by atoms with Crippen LogP contribution < -0.4 is 14.8 Å². The van der Waals surface area contributed by atoms with Gasteiger partial charge in [0.15, 0.2) is 11.5 Å². The molecule has 3 rings (SSSR count). The van der Waals surface area contributed by atoms with Crippen molar-refractivity contribution in [3.05, 3.63) is 40.8 Å². The Hall–Kier alpha value is -2.01. The highest BCUT2D eigenvalue weighted by Gasteiger charge is 2.14. The topological polar surface area (TPSA) is 56.5 Å². The monoisotopic (exact) mass is 358 g/mol. The van der Waals surface area contributed by atoms with E-state index in [-0.39, 0.29) is 0 Å². The Morgan fingerprint density at radius 3 is 2.54 bits per heavy atom. The van der Waals surface area contributed by atoms with Crippen LogP contribution in [-0.2, 0) is 13.2 Å². The maximum atomic E-state index is 5.95. The van der Waals surface area contributed by atoms with Crippen molar-refractivity contribution in [1.29, 1.82) is 0 Å². The quantitative estimate of drug-likeness (QED) is 0.728. The molecule has 0 spiro atoms. The average molecular weight is 358 g/mol. The average Bonchev–Trinajstić information content (AvgIpc) is 2.85. The molecule has 0 amide bonds. The highest BCUT2D eigenvalue weighted by molar-refractivity contribution is 5.43. The summed E-state index contributed by atoms with van der Waals surface area (Å²) in [6.07, 6.45) is 8.02. The van der Waals surface area contributed by atoms with Gasteiger partial charge in [0.2, 0.25) is 0 Å². The van der Waals surface area contributed by atoms with E-state index in [1.54, 1.807) is 7.11 Å². The van der Waals surface area contributed by atoms with Crippen molar-refractivity contribution in [3.8, 4) is 11.5 Å². The molecule has 1 heterocycles. The fraction of sp³-hybridized carbons (Fsp3) is 0.571. The SMILES string of the molecule is COc1cc(CNC2CCCCCC2)ccc1OCc1c(C)noc1C. The summed E-state index contributed by atoms with van der Waals surface area (Å²) in [7, 11) is 1.68. The third-order valence-electron chi connectivity index (χ3n) is 5.23. The Balaban J connectivity index is 1.60. The minimum absolute atomic E-state index is 0.428. The van der Waals surface area contributed by atoms with Gasteiger partial charge >= 0.3 is 0 Å². The van der Waals surface area contributed by atoms with E-state index >= 15 is 0 Å². The van der Waals surface area contributed by atoms with Crippen LogP contribution in [0.4, 0.5) is 0 Å². The normalized spacial score (nSPS) is 15.7. The predicted molar refractivity (Wildman–Crippen MR) is 102 cm³/mol. The summed E-state index contributed by atoms with van der Waals surface area (Å²) in [5, 5.41) is 7.67. The lowest BCUT2D eigenvalue weighted by atomic mass is 10.1. The third kappa shape index (κ3) is 4.79. The number of aromatic nitrogens is 1. The third-order valence-corrected chi connectivity index (χ3v) is 5.23. The highest BCUT2D eigenvalue weighted by atomic mass is 16.5. The number of aryl methyl sites for hydroxylation is 2. The van der Waals surface area contributed by atoms with Crippen molar-refractivity contribution in [2.24, 2.45) is 0 Å². The van der Waals surface area contributed by atoms with Crippen LogP contribution in [0, 0.1) is 13.8 Å². The van der Waals surface area contributed by atoms with Crippen LogP contribution in [-0.4, -0.2) is 18.3 Å². The van der Waals surface area contributed by atoms with E-state index < -0.39 is 0 Å². The van der Waals surface area contributed by atoms with Gasteiger partial charge in [-0.1, -0.05) is 36.9 Å². The van der Waals surface area contributed by atoms with Crippen molar-refractivity contribution in [2.75, 3.05) is 7.11 Å². The molecule has 1 aromatic carbocycles. The molecule has 0 radical (unpaired) electrons. The zero-order valence-electron chi connectivity index (χ0n) is 16.1. The van der Waals surface area contributed by atoms with Crippen molar-refractivity contribution in [3.63, 3.8) is 0 Å². The first-order chi connectivity index (χ1) is 12.7. The van der Waals surface area contributed by atoms with Crippen molar-refractivity contribution in [1.82, 2.24) is 10.5 Å². The Labute approximate surface area is 156 Å². The van der Waals surface area contributed by atoms with Crippen molar-refractivity contribution < 1.29 is 14.0 Å². The lowest BCUT2D eigenvalue weighted by Crippen LogP contribution is -2.27. The second-order valence-electron chi connectivity index (χ2n) is 7.15. The van der Waals surface area contributed by atoms with E-state index in [0.29, 0.717) is 12.6 Å². The number of methoxy groups -OCH3 is 1. The Bertz CT molecular complexity index is 684. The summed E-state index contributed by atoms with van der Waals surface area (Å²) >= 11 is 0. The van der Waals surface area contributed by atoms with Gasteiger partial charge in [-0.3, -0.25) is 0 Å². The summed E-state index contributed by atoms with van der Waals surface area (Å²) in [5.41, 5.74) is 3.08. The fourth-order valence-corrected chi connectivity index (χ4v) is 3.54. The fourth-order valence-electron chi connectivity index (χ4n) is 3.54. The second kappa shape index (κ2) is 9.08. The number of ether oxygens (including phenoxy) is 2. The molecule has 0 atom stereocenters. The molecule has 0 saturated heterocycles. The Morgan fingerprint density at radius 1 is 1.12 bits per heavy atom. The van der Waals surface area contributed by atoms with Gasteiger partial charge in [0, 0.05) is 12.6 Å².